The van der Waals surface area contributed by atoms with E-state index >= 15 is 0 Å². The predicted molar refractivity (Wildman–Crippen MR) is 105 cm³/mol. The third-order valence-corrected chi connectivity index (χ3v) is 6.35. The van der Waals surface area contributed by atoms with Gasteiger partial charge in [0.2, 0.25) is 0 Å². The minimum atomic E-state index is -0.556. The molecule has 2 aromatic carbocycles. The van der Waals surface area contributed by atoms with Gasteiger partial charge in [0.25, 0.3) is 11.4 Å². The molecule has 160 valence electrons. The largest absolute Gasteiger partial charge is 0.461 e. The summed E-state index contributed by atoms with van der Waals surface area (Å²) >= 11 is 0. The molecule has 2 aliphatic carbocycles. The second kappa shape index (κ2) is 7.46. The van der Waals surface area contributed by atoms with Gasteiger partial charge in [-0.15, -0.1) is 0 Å². The lowest BCUT2D eigenvalue weighted by atomic mass is 9.74. The molecule has 2 saturated carbocycles. The molecule has 10 heteroatoms. The molecule has 0 aliphatic heterocycles. The summed E-state index contributed by atoms with van der Waals surface area (Å²) in [6, 6.07) is 10.4. The number of hydrogen-bond donors (Lipinski definition) is 0. The molecule has 2 aromatic rings. The van der Waals surface area contributed by atoms with Crippen LogP contribution in [0.3, 0.4) is 0 Å². The molecule has 0 unspecified atom stereocenters. The summed E-state index contributed by atoms with van der Waals surface area (Å²) in [5, 5.41) is 21.4. The van der Waals surface area contributed by atoms with Crippen molar-refractivity contribution < 1.29 is 28.9 Å². The molecule has 0 heterocycles. The maximum absolute atomic E-state index is 12.2. The second-order valence-corrected chi connectivity index (χ2v) is 8.00. The number of fused-ring (bicyclic) bond motifs is 1. The van der Waals surface area contributed by atoms with Gasteiger partial charge >= 0.3 is 11.9 Å². The van der Waals surface area contributed by atoms with Crippen LogP contribution in [0.4, 0.5) is 11.4 Å². The lowest BCUT2D eigenvalue weighted by Gasteiger charge is -2.34. The predicted octanol–water partition coefficient (Wildman–Crippen LogP) is 3.69. The third kappa shape index (κ3) is 3.72. The van der Waals surface area contributed by atoms with E-state index < -0.39 is 21.8 Å². The van der Waals surface area contributed by atoms with Crippen LogP contribution in [0.2, 0.25) is 0 Å². The first-order valence-electron chi connectivity index (χ1n) is 9.59. The highest BCUT2D eigenvalue weighted by atomic mass is 16.6. The van der Waals surface area contributed by atoms with Crippen LogP contribution in [0.5, 0.6) is 0 Å². The molecule has 4 rings (SSSR count). The Hall–Kier alpha value is -3.82. The summed E-state index contributed by atoms with van der Waals surface area (Å²) in [7, 11) is 0. The van der Waals surface area contributed by atoms with Gasteiger partial charge in [-0.25, -0.2) is 9.59 Å². The average Bonchev–Trinajstić information content (AvgIpc) is 3.23. The van der Waals surface area contributed by atoms with Crippen LogP contribution in [0.1, 0.15) is 40.0 Å². The van der Waals surface area contributed by atoms with Gasteiger partial charge in [0.15, 0.2) is 0 Å². The van der Waals surface area contributed by atoms with Crippen molar-refractivity contribution in [1.29, 1.82) is 0 Å². The molecule has 0 aromatic heterocycles. The Balaban J connectivity index is 1.29. The maximum Gasteiger partial charge on any atom is 0.338 e. The van der Waals surface area contributed by atoms with E-state index in [-0.39, 0.29) is 46.5 Å². The summed E-state index contributed by atoms with van der Waals surface area (Å²) in [6.45, 7) is 0.385. The highest BCUT2D eigenvalue weighted by Crippen LogP contribution is 2.77. The van der Waals surface area contributed by atoms with Gasteiger partial charge in [0, 0.05) is 35.1 Å². The summed E-state index contributed by atoms with van der Waals surface area (Å²) in [5.41, 5.74) is -0.164. The zero-order valence-electron chi connectivity index (χ0n) is 16.3. The fourth-order valence-electron chi connectivity index (χ4n) is 4.18. The lowest BCUT2D eigenvalue weighted by molar-refractivity contribution is -0.385. The Bertz CT molecular complexity index is 980. The van der Waals surface area contributed by atoms with E-state index in [4.69, 9.17) is 9.47 Å². The SMILES string of the molecule is O=C(OC[C@@]12CC[C@@]1(COC(=O)c1ccc([N+](=O)[O-])cc1)C2)c1ccc([N+](=O)[O-])cc1. The molecule has 0 saturated heterocycles. The van der Waals surface area contributed by atoms with Gasteiger partial charge in [0.1, 0.15) is 0 Å². The van der Waals surface area contributed by atoms with Crippen LogP contribution < -0.4 is 0 Å². The van der Waals surface area contributed by atoms with Crippen molar-refractivity contribution >= 4 is 23.3 Å². The van der Waals surface area contributed by atoms with E-state index in [9.17, 15) is 29.8 Å². The average molecular weight is 426 g/mol. The van der Waals surface area contributed by atoms with Gasteiger partial charge < -0.3 is 9.47 Å². The third-order valence-electron chi connectivity index (χ3n) is 6.35. The summed E-state index contributed by atoms with van der Waals surface area (Å²) in [5.74, 6) is -1.11. The van der Waals surface area contributed by atoms with Crippen molar-refractivity contribution in [3.05, 3.63) is 79.9 Å². The number of non-ortho nitro benzene ring substituents is 2. The number of carbonyl (C=O) groups is 2. The molecule has 0 N–H and O–H groups in total. The number of rotatable bonds is 8. The summed E-state index contributed by atoms with van der Waals surface area (Å²) in [4.78, 5) is 44.8. The van der Waals surface area contributed by atoms with Crippen molar-refractivity contribution in [2.45, 2.75) is 19.3 Å². The fraction of sp³-hybridized carbons (Fsp3) is 0.333. The second-order valence-electron chi connectivity index (χ2n) is 8.00. The number of nitro groups is 2. The number of hydrogen-bond acceptors (Lipinski definition) is 8. The monoisotopic (exact) mass is 426 g/mol. The van der Waals surface area contributed by atoms with Crippen LogP contribution in [-0.4, -0.2) is 35.0 Å². The molecular formula is C21H18N2O8. The zero-order valence-corrected chi connectivity index (χ0v) is 16.3. The van der Waals surface area contributed by atoms with E-state index in [0.29, 0.717) is 0 Å². The number of carbonyl (C=O) groups excluding carboxylic acids is 2. The molecular weight excluding hydrogens is 408 g/mol. The Kier molecular flexibility index (Phi) is 4.92. The van der Waals surface area contributed by atoms with Gasteiger partial charge in [-0.2, -0.15) is 0 Å². The first kappa shape index (κ1) is 20.5. The topological polar surface area (TPSA) is 139 Å². The molecule has 2 fully saturated rings. The molecule has 2 atom stereocenters. The van der Waals surface area contributed by atoms with Gasteiger partial charge in [-0.1, -0.05) is 0 Å². The van der Waals surface area contributed by atoms with Crippen molar-refractivity contribution in [3.8, 4) is 0 Å². The number of benzene rings is 2. The number of ether oxygens (including phenoxy) is 2. The van der Waals surface area contributed by atoms with Crippen LogP contribution in [0.15, 0.2) is 48.5 Å². The van der Waals surface area contributed by atoms with Crippen LogP contribution >= 0.6 is 0 Å². The zero-order chi connectivity index (χ0) is 22.2. The first-order chi connectivity index (χ1) is 14.8. The van der Waals surface area contributed by atoms with E-state index in [1.807, 2.05) is 0 Å². The van der Waals surface area contributed by atoms with Crippen LogP contribution in [-0.2, 0) is 9.47 Å². The Labute approximate surface area is 176 Å². The van der Waals surface area contributed by atoms with E-state index in [1.54, 1.807) is 0 Å². The summed E-state index contributed by atoms with van der Waals surface area (Å²) < 4.78 is 10.8. The van der Waals surface area contributed by atoms with E-state index in [1.165, 1.54) is 48.5 Å². The highest BCUT2D eigenvalue weighted by Gasteiger charge is 2.74. The lowest BCUT2D eigenvalue weighted by Crippen LogP contribution is -2.34. The van der Waals surface area contributed by atoms with Gasteiger partial charge in [-0.05, 0) is 43.5 Å². The number of nitrogens with zero attached hydrogens (tertiary/aromatic N) is 2. The van der Waals surface area contributed by atoms with Crippen molar-refractivity contribution in [2.75, 3.05) is 13.2 Å². The fourth-order valence-corrected chi connectivity index (χ4v) is 4.18. The van der Waals surface area contributed by atoms with E-state index in [0.717, 1.165) is 19.3 Å². The maximum atomic E-state index is 12.2. The standard InChI is InChI=1S/C21H18N2O8/c24-18(14-1-5-16(6-2-14)22(26)27)30-12-20-9-10-21(20,11-20)13-31-19(25)15-3-7-17(8-4-15)23(28)29/h1-8H,9-13H2/t20-,21-/m0/s1. The number of esters is 2. The molecule has 0 radical (unpaired) electrons. The Morgan fingerprint density at radius 3 is 1.39 bits per heavy atom. The molecule has 31 heavy (non-hydrogen) atoms. The molecule has 10 nitrogen and oxygen atoms in total. The van der Waals surface area contributed by atoms with E-state index in [2.05, 4.69) is 0 Å². The van der Waals surface area contributed by atoms with Crippen molar-refractivity contribution in [3.63, 3.8) is 0 Å². The van der Waals surface area contributed by atoms with Crippen molar-refractivity contribution in [1.82, 2.24) is 0 Å². The summed E-state index contributed by atoms with van der Waals surface area (Å²) in [6.07, 6.45) is 2.49. The minimum Gasteiger partial charge on any atom is -0.461 e. The van der Waals surface area contributed by atoms with Crippen molar-refractivity contribution in [2.24, 2.45) is 10.8 Å². The van der Waals surface area contributed by atoms with Crippen LogP contribution in [0, 0.1) is 31.1 Å². The molecule has 0 amide bonds. The Morgan fingerprint density at radius 1 is 0.742 bits per heavy atom. The smallest absolute Gasteiger partial charge is 0.338 e. The first-order valence-corrected chi connectivity index (χ1v) is 9.59. The van der Waals surface area contributed by atoms with Gasteiger partial charge in [0.05, 0.1) is 34.2 Å². The number of nitro benzene ring substituents is 2. The van der Waals surface area contributed by atoms with Crippen LogP contribution in [0.25, 0.3) is 0 Å². The molecule has 2 aliphatic rings. The molecule has 0 spiro atoms. The van der Waals surface area contributed by atoms with Gasteiger partial charge in [-0.3, -0.25) is 20.2 Å². The quantitative estimate of drug-likeness (QED) is 0.354. The minimum absolute atomic E-state index is 0.106. The highest BCUT2D eigenvalue weighted by molar-refractivity contribution is 5.90. The Morgan fingerprint density at radius 2 is 1.10 bits per heavy atom. The molecule has 0 bridgehead atoms. The normalized spacial score (nSPS) is 23.1.